The zero-order valence-electron chi connectivity index (χ0n) is 18.2. The molecule has 0 fully saturated rings. The lowest BCUT2D eigenvalue weighted by Gasteiger charge is -2.23. The molecule has 9 heteroatoms. The largest absolute Gasteiger partial charge is 0.345 e. The zero-order valence-corrected chi connectivity index (χ0v) is 19.8. The quantitative estimate of drug-likeness (QED) is 0.424. The van der Waals surface area contributed by atoms with E-state index in [-0.39, 0.29) is 28.6 Å². The van der Waals surface area contributed by atoms with Crippen molar-refractivity contribution < 1.29 is 13.2 Å². The number of fused-ring (bicyclic) bond motifs is 1. The van der Waals surface area contributed by atoms with Gasteiger partial charge in [0.05, 0.1) is 38.7 Å². The van der Waals surface area contributed by atoms with Crippen LogP contribution in [0, 0.1) is 0 Å². The molecule has 1 heterocycles. The number of hydrogen-bond acceptors (Lipinski definition) is 4. The molecular weight excluding hydrogens is 460 g/mol. The van der Waals surface area contributed by atoms with Gasteiger partial charge in [-0.25, -0.2) is 13.4 Å². The summed E-state index contributed by atoms with van der Waals surface area (Å²) < 4.78 is 29.8. The monoisotopic (exact) mass is 482 g/mol. The molecule has 4 rings (SSSR count). The van der Waals surface area contributed by atoms with Crippen LogP contribution in [-0.2, 0) is 23.6 Å². The van der Waals surface area contributed by atoms with E-state index >= 15 is 0 Å². The number of hydrogen-bond donors (Lipinski definition) is 1. The highest BCUT2D eigenvalue weighted by Gasteiger charge is 2.25. The molecule has 0 aliphatic heterocycles. The Morgan fingerprint density at radius 1 is 1.06 bits per heavy atom. The molecule has 0 saturated heterocycles. The molecule has 3 aromatic carbocycles. The number of para-hydroxylation sites is 3. The van der Waals surface area contributed by atoms with Gasteiger partial charge in [-0.05, 0) is 49.4 Å². The van der Waals surface area contributed by atoms with E-state index < -0.39 is 15.9 Å². The molecular formula is C24H23ClN4O3S. The lowest BCUT2D eigenvalue weighted by Crippen LogP contribution is -2.31. The third kappa shape index (κ3) is 4.44. The van der Waals surface area contributed by atoms with Crippen LogP contribution in [0.15, 0.2) is 77.7 Å². The molecule has 4 aromatic rings. The van der Waals surface area contributed by atoms with Crippen LogP contribution in [0.2, 0.25) is 5.02 Å². The fourth-order valence-electron chi connectivity index (χ4n) is 3.66. The minimum Gasteiger partial charge on any atom is -0.345 e. The highest BCUT2D eigenvalue weighted by atomic mass is 35.5. The minimum absolute atomic E-state index is 0.00881. The fourth-order valence-corrected chi connectivity index (χ4v) is 5.36. The summed E-state index contributed by atoms with van der Waals surface area (Å²) in [6.07, 6.45) is 0. The van der Waals surface area contributed by atoms with Gasteiger partial charge < -0.3 is 9.88 Å². The Morgan fingerprint density at radius 2 is 1.76 bits per heavy atom. The molecule has 1 amide bonds. The number of benzene rings is 3. The summed E-state index contributed by atoms with van der Waals surface area (Å²) in [5.41, 5.74) is 2.41. The Kier molecular flexibility index (Phi) is 6.40. The summed E-state index contributed by atoms with van der Waals surface area (Å²) in [5.74, 6) is 0.192. The molecule has 7 nitrogen and oxygen atoms in total. The second-order valence-corrected chi connectivity index (χ2v) is 9.67. The Morgan fingerprint density at radius 3 is 2.45 bits per heavy atom. The SMILES string of the molecule is CCN(c1ccccc1)S(=O)(=O)c1ccc(Cl)c(C(=O)NCc2nc3ccccc3n2C)c1. The predicted octanol–water partition coefficient (Wildman–Crippen LogP) is 4.37. The van der Waals surface area contributed by atoms with Crippen LogP contribution in [0.25, 0.3) is 11.0 Å². The summed E-state index contributed by atoms with van der Waals surface area (Å²) in [6, 6.07) is 20.6. The van der Waals surface area contributed by atoms with Crippen LogP contribution >= 0.6 is 11.6 Å². The Bertz CT molecular complexity index is 1420. The molecule has 0 bridgehead atoms. The Labute approximate surface area is 197 Å². The molecule has 0 saturated carbocycles. The van der Waals surface area contributed by atoms with Gasteiger partial charge in [0.1, 0.15) is 5.82 Å². The molecule has 1 aromatic heterocycles. The first-order chi connectivity index (χ1) is 15.8. The molecule has 0 atom stereocenters. The van der Waals surface area contributed by atoms with E-state index in [9.17, 15) is 13.2 Å². The number of carbonyl (C=O) groups excluding carboxylic acids is 1. The topological polar surface area (TPSA) is 84.3 Å². The molecule has 0 radical (unpaired) electrons. The fraction of sp³-hybridized carbons (Fsp3) is 0.167. The number of anilines is 1. The normalized spacial score (nSPS) is 11.5. The summed E-state index contributed by atoms with van der Waals surface area (Å²) in [4.78, 5) is 17.4. The van der Waals surface area contributed by atoms with Crippen molar-refractivity contribution in [1.82, 2.24) is 14.9 Å². The Hall–Kier alpha value is -3.36. The number of imidazole rings is 1. The first-order valence-electron chi connectivity index (χ1n) is 10.4. The second-order valence-electron chi connectivity index (χ2n) is 7.41. The van der Waals surface area contributed by atoms with Crippen molar-refractivity contribution in [3.05, 3.63) is 89.2 Å². The molecule has 0 aliphatic rings. The standard InChI is InChI=1S/C24H23ClN4O3S/c1-3-29(17-9-5-4-6-10-17)33(31,32)18-13-14-20(25)19(15-18)24(30)26-16-23-27-21-11-7-8-12-22(21)28(23)2/h4-15H,3,16H2,1-2H3,(H,26,30). The van der Waals surface area contributed by atoms with Crippen molar-refractivity contribution in [2.24, 2.45) is 7.05 Å². The number of halogens is 1. The van der Waals surface area contributed by atoms with E-state index in [4.69, 9.17) is 11.6 Å². The van der Waals surface area contributed by atoms with Crippen molar-refractivity contribution in [3.63, 3.8) is 0 Å². The van der Waals surface area contributed by atoms with Crippen LogP contribution < -0.4 is 9.62 Å². The Balaban J connectivity index is 1.60. The number of aryl methyl sites for hydroxylation is 1. The van der Waals surface area contributed by atoms with Crippen molar-refractivity contribution in [1.29, 1.82) is 0 Å². The zero-order chi connectivity index (χ0) is 23.6. The van der Waals surface area contributed by atoms with E-state index in [1.54, 1.807) is 31.2 Å². The van der Waals surface area contributed by atoms with Crippen molar-refractivity contribution in [2.75, 3.05) is 10.8 Å². The van der Waals surface area contributed by atoms with E-state index in [2.05, 4.69) is 10.3 Å². The van der Waals surface area contributed by atoms with Crippen molar-refractivity contribution in [2.45, 2.75) is 18.4 Å². The van der Waals surface area contributed by atoms with E-state index in [0.717, 1.165) is 11.0 Å². The van der Waals surface area contributed by atoms with Crippen LogP contribution in [0.4, 0.5) is 5.69 Å². The van der Waals surface area contributed by atoms with Gasteiger partial charge in [-0.1, -0.05) is 41.9 Å². The third-order valence-corrected chi connectivity index (χ3v) is 7.62. The average Bonchev–Trinajstić information content (AvgIpc) is 3.14. The van der Waals surface area contributed by atoms with E-state index in [1.807, 2.05) is 41.9 Å². The van der Waals surface area contributed by atoms with Gasteiger partial charge in [0.2, 0.25) is 0 Å². The number of amides is 1. The molecule has 33 heavy (non-hydrogen) atoms. The minimum atomic E-state index is -3.89. The third-order valence-electron chi connectivity index (χ3n) is 5.39. The highest BCUT2D eigenvalue weighted by Crippen LogP contribution is 2.26. The van der Waals surface area contributed by atoms with Crippen LogP contribution in [0.1, 0.15) is 23.1 Å². The van der Waals surface area contributed by atoms with Crippen LogP contribution in [-0.4, -0.2) is 30.4 Å². The van der Waals surface area contributed by atoms with Gasteiger partial charge >= 0.3 is 0 Å². The molecule has 1 N–H and O–H groups in total. The maximum atomic E-state index is 13.3. The maximum absolute atomic E-state index is 13.3. The molecule has 0 spiro atoms. The van der Waals surface area contributed by atoms with Gasteiger partial charge in [0.15, 0.2) is 0 Å². The van der Waals surface area contributed by atoms with Gasteiger partial charge in [-0.2, -0.15) is 0 Å². The number of nitrogens with one attached hydrogen (secondary N) is 1. The van der Waals surface area contributed by atoms with Gasteiger partial charge in [-0.15, -0.1) is 0 Å². The first kappa shape index (κ1) is 22.8. The van der Waals surface area contributed by atoms with Gasteiger partial charge in [-0.3, -0.25) is 9.10 Å². The molecule has 0 unspecified atom stereocenters. The first-order valence-corrected chi connectivity index (χ1v) is 12.2. The molecule has 170 valence electrons. The number of sulfonamides is 1. The van der Waals surface area contributed by atoms with Gasteiger partial charge in [0.25, 0.3) is 15.9 Å². The number of aromatic nitrogens is 2. The predicted molar refractivity (Wildman–Crippen MR) is 130 cm³/mol. The average molecular weight is 483 g/mol. The summed E-state index contributed by atoms with van der Waals surface area (Å²) in [7, 11) is -2.01. The van der Waals surface area contributed by atoms with Crippen molar-refractivity contribution >= 4 is 44.3 Å². The van der Waals surface area contributed by atoms with E-state index in [1.165, 1.54) is 22.5 Å². The smallest absolute Gasteiger partial charge is 0.264 e. The summed E-state index contributed by atoms with van der Waals surface area (Å²) in [6.45, 7) is 2.16. The number of carbonyl (C=O) groups is 1. The summed E-state index contributed by atoms with van der Waals surface area (Å²) in [5, 5.41) is 2.96. The van der Waals surface area contributed by atoms with Crippen LogP contribution in [0.5, 0.6) is 0 Å². The second kappa shape index (κ2) is 9.25. The highest BCUT2D eigenvalue weighted by molar-refractivity contribution is 7.92. The lowest BCUT2D eigenvalue weighted by atomic mass is 10.2. The van der Waals surface area contributed by atoms with Crippen molar-refractivity contribution in [3.8, 4) is 0 Å². The lowest BCUT2D eigenvalue weighted by molar-refractivity contribution is 0.0949. The maximum Gasteiger partial charge on any atom is 0.264 e. The number of nitrogens with zero attached hydrogens (tertiary/aromatic N) is 3. The van der Waals surface area contributed by atoms with Gasteiger partial charge in [0, 0.05) is 13.6 Å². The number of rotatable bonds is 7. The summed E-state index contributed by atoms with van der Waals surface area (Å²) >= 11 is 6.26. The van der Waals surface area contributed by atoms with Crippen LogP contribution in [0.3, 0.4) is 0 Å². The van der Waals surface area contributed by atoms with E-state index in [0.29, 0.717) is 11.5 Å². The molecule has 0 aliphatic carbocycles.